The molecule has 0 fully saturated rings. The zero-order chi connectivity index (χ0) is 20.7. The fourth-order valence-corrected chi connectivity index (χ4v) is 3.73. The molecule has 0 aliphatic carbocycles. The van der Waals surface area contributed by atoms with Crippen LogP contribution in [0.15, 0.2) is 53.4 Å². The van der Waals surface area contributed by atoms with Gasteiger partial charge in [0.25, 0.3) is 5.69 Å². The molecular weight excluding hydrogens is 382 g/mol. The summed E-state index contributed by atoms with van der Waals surface area (Å²) >= 11 is 0. The summed E-state index contributed by atoms with van der Waals surface area (Å²) in [6.45, 7) is 2.45. The summed E-state index contributed by atoms with van der Waals surface area (Å²) in [5, 5.41) is 13.3. The van der Waals surface area contributed by atoms with Gasteiger partial charge in [0.2, 0.25) is 15.9 Å². The van der Waals surface area contributed by atoms with Crippen molar-refractivity contribution in [3.8, 4) is 0 Å². The second-order valence-corrected chi connectivity index (χ2v) is 8.40. The van der Waals surface area contributed by atoms with E-state index in [-0.39, 0.29) is 22.9 Å². The normalized spacial score (nSPS) is 11.4. The van der Waals surface area contributed by atoms with Gasteiger partial charge in [0.05, 0.1) is 16.2 Å². The molecule has 150 valence electrons. The van der Waals surface area contributed by atoms with Crippen molar-refractivity contribution < 1.29 is 18.1 Å². The monoisotopic (exact) mass is 405 g/mol. The minimum absolute atomic E-state index is 0.0372. The molecule has 1 N–H and O–H groups in total. The lowest BCUT2D eigenvalue weighted by atomic mass is 10.1. The summed E-state index contributed by atoms with van der Waals surface area (Å²) in [5.74, 6) is -0.301. The molecule has 0 aliphatic rings. The highest BCUT2D eigenvalue weighted by atomic mass is 32.2. The molecule has 2 aromatic carbocycles. The van der Waals surface area contributed by atoms with Gasteiger partial charge in [0.15, 0.2) is 0 Å². The molecule has 0 saturated carbocycles. The number of nitrogens with zero attached hydrogens (tertiary/aromatic N) is 2. The molecule has 8 nitrogen and oxygen atoms in total. The number of unbranched alkanes of at least 4 members (excludes halogenated alkanes) is 1. The second kappa shape index (κ2) is 9.43. The Kier molecular flexibility index (Phi) is 7.24. The highest BCUT2D eigenvalue weighted by molar-refractivity contribution is 7.89. The first kappa shape index (κ1) is 21.5. The van der Waals surface area contributed by atoms with E-state index < -0.39 is 14.9 Å². The molecule has 2 aromatic rings. The van der Waals surface area contributed by atoms with Crippen molar-refractivity contribution in [3.63, 3.8) is 0 Å². The lowest BCUT2D eigenvalue weighted by Gasteiger charge is -2.17. The first-order valence-corrected chi connectivity index (χ1v) is 10.3. The molecule has 0 heterocycles. The third-order valence-corrected chi connectivity index (χ3v) is 6.06. The van der Waals surface area contributed by atoms with Gasteiger partial charge in [-0.25, -0.2) is 12.7 Å². The number of non-ortho nitro benzene ring substituents is 1. The number of amides is 1. The number of rotatable bonds is 9. The number of hydrogen-bond donors (Lipinski definition) is 1. The van der Waals surface area contributed by atoms with Crippen molar-refractivity contribution in [2.45, 2.75) is 31.1 Å². The first-order chi connectivity index (χ1) is 13.2. The number of nitrogens with one attached hydrogen (secondary N) is 1. The van der Waals surface area contributed by atoms with Crippen molar-refractivity contribution in [2.75, 3.05) is 18.9 Å². The third-order valence-electron chi connectivity index (χ3n) is 4.18. The number of benzene rings is 2. The maximum atomic E-state index is 12.5. The summed E-state index contributed by atoms with van der Waals surface area (Å²) < 4.78 is 26.3. The minimum atomic E-state index is -3.55. The Morgan fingerprint density at radius 3 is 2.25 bits per heavy atom. The van der Waals surface area contributed by atoms with Crippen LogP contribution in [0.5, 0.6) is 0 Å². The number of sulfonamides is 1. The Labute approximate surface area is 164 Å². The van der Waals surface area contributed by atoms with Gasteiger partial charge < -0.3 is 5.32 Å². The average molecular weight is 405 g/mol. The van der Waals surface area contributed by atoms with E-state index in [0.717, 1.165) is 12.8 Å². The van der Waals surface area contributed by atoms with E-state index in [0.29, 0.717) is 17.8 Å². The SMILES string of the molecule is CCCCN(C)S(=O)(=O)c1ccc(NC(=O)Cc2ccc([N+](=O)[O-])cc2)cc1. The van der Waals surface area contributed by atoms with Gasteiger partial charge in [-0.15, -0.1) is 0 Å². The molecule has 1 amide bonds. The number of hydrogen-bond acceptors (Lipinski definition) is 5. The van der Waals surface area contributed by atoms with Crippen LogP contribution in [0.25, 0.3) is 0 Å². The molecule has 0 atom stereocenters. The van der Waals surface area contributed by atoms with E-state index in [1.165, 1.54) is 52.8 Å². The molecule has 0 aliphatic heterocycles. The van der Waals surface area contributed by atoms with E-state index in [1.54, 1.807) is 7.05 Å². The van der Waals surface area contributed by atoms with Crippen LogP contribution in [-0.4, -0.2) is 37.1 Å². The number of nitro groups is 1. The Bertz CT molecular complexity index is 925. The molecule has 28 heavy (non-hydrogen) atoms. The van der Waals surface area contributed by atoms with Crippen molar-refractivity contribution >= 4 is 27.3 Å². The van der Waals surface area contributed by atoms with Crippen molar-refractivity contribution in [1.29, 1.82) is 0 Å². The molecule has 0 unspecified atom stereocenters. The standard InChI is InChI=1S/C19H23N3O5S/c1-3-4-13-21(2)28(26,27)18-11-7-16(8-12-18)20-19(23)14-15-5-9-17(10-6-15)22(24)25/h5-12H,3-4,13-14H2,1-2H3,(H,20,23). The third kappa shape index (κ3) is 5.61. The quantitative estimate of drug-likeness (QED) is 0.509. The summed E-state index contributed by atoms with van der Waals surface area (Å²) in [6.07, 6.45) is 1.74. The zero-order valence-corrected chi connectivity index (χ0v) is 16.6. The fraction of sp³-hybridized carbons (Fsp3) is 0.316. The second-order valence-electron chi connectivity index (χ2n) is 6.35. The Morgan fingerprint density at radius 1 is 1.11 bits per heavy atom. The van der Waals surface area contributed by atoms with Crippen LogP contribution in [0.3, 0.4) is 0 Å². The van der Waals surface area contributed by atoms with Gasteiger partial charge in [-0.1, -0.05) is 25.5 Å². The van der Waals surface area contributed by atoms with Gasteiger partial charge in [0, 0.05) is 31.4 Å². The van der Waals surface area contributed by atoms with Gasteiger partial charge in [-0.2, -0.15) is 0 Å². The topological polar surface area (TPSA) is 110 Å². The largest absolute Gasteiger partial charge is 0.326 e. The summed E-state index contributed by atoms with van der Waals surface area (Å²) in [7, 11) is -2.00. The van der Waals surface area contributed by atoms with Crippen LogP contribution in [0.2, 0.25) is 0 Å². The molecule has 0 spiro atoms. The number of anilines is 1. The van der Waals surface area contributed by atoms with E-state index in [2.05, 4.69) is 5.32 Å². The number of carbonyl (C=O) groups excluding carboxylic acids is 1. The van der Waals surface area contributed by atoms with Crippen LogP contribution in [0.4, 0.5) is 11.4 Å². The van der Waals surface area contributed by atoms with E-state index in [9.17, 15) is 23.3 Å². The molecule has 0 radical (unpaired) electrons. The van der Waals surface area contributed by atoms with Crippen molar-refractivity contribution in [3.05, 3.63) is 64.2 Å². The smallest absolute Gasteiger partial charge is 0.269 e. The summed E-state index contributed by atoms with van der Waals surface area (Å²) in [6, 6.07) is 11.7. The average Bonchev–Trinajstić information content (AvgIpc) is 2.66. The lowest BCUT2D eigenvalue weighted by molar-refractivity contribution is -0.384. The molecule has 0 bridgehead atoms. The van der Waals surface area contributed by atoms with Crippen LogP contribution >= 0.6 is 0 Å². The maximum absolute atomic E-state index is 12.5. The Hall–Kier alpha value is -2.78. The van der Waals surface area contributed by atoms with Gasteiger partial charge in [-0.3, -0.25) is 14.9 Å². The van der Waals surface area contributed by atoms with Gasteiger partial charge in [0.1, 0.15) is 0 Å². The molecule has 9 heteroatoms. The maximum Gasteiger partial charge on any atom is 0.269 e. The summed E-state index contributed by atoms with van der Waals surface area (Å²) in [4.78, 5) is 22.5. The van der Waals surface area contributed by atoms with Crippen molar-refractivity contribution in [2.24, 2.45) is 0 Å². The zero-order valence-electron chi connectivity index (χ0n) is 15.8. The van der Waals surface area contributed by atoms with Crippen LogP contribution in [-0.2, 0) is 21.2 Å². The van der Waals surface area contributed by atoms with E-state index in [1.807, 2.05) is 6.92 Å². The molecular formula is C19H23N3O5S. The highest BCUT2D eigenvalue weighted by Crippen LogP contribution is 2.18. The minimum Gasteiger partial charge on any atom is -0.326 e. The Morgan fingerprint density at radius 2 is 1.71 bits per heavy atom. The van der Waals surface area contributed by atoms with Gasteiger partial charge in [-0.05, 0) is 36.2 Å². The van der Waals surface area contributed by atoms with E-state index in [4.69, 9.17) is 0 Å². The van der Waals surface area contributed by atoms with Crippen LogP contribution in [0, 0.1) is 10.1 Å². The summed E-state index contributed by atoms with van der Waals surface area (Å²) in [5.41, 5.74) is 1.08. The van der Waals surface area contributed by atoms with E-state index >= 15 is 0 Å². The number of carbonyl (C=O) groups is 1. The van der Waals surface area contributed by atoms with Crippen molar-refractivity contribution in [1.82, 2.24) is 4.31 Å². The predicted octanol–water partition coefficient (Wildman–Crippen LogP) is 3.20. The predicted molar refractivity (Wildman–Crippen MR) is 107 cm³/mol. The first-order valence-electron chi connectivity index (χ1n) is 8.83. The van der Waals surface area contributed by atoms with Crippen LogP contribution in [0.1, 0.15) is 25.3 Å². The lowest BCUT2D eigenvalue weighted by Crippen LogP contribution is -2.27. The van der Waals surface area contributed by atoms with Gasteiger partial charge >= 0.3 is 0 Å². The fourth-order valence-electron chi connectivity index (χ4n) is 2.52. The Balaban J connectivity index is 1.99. The molecule has 2 rings (SSSR count). The molecule has 0 saturated heterocycles. The molecule has 0 aromatic heterocycles. The van der Waals surface area contributed by atoms with Crippen LogP contribution < -0.4 is 5.32 Å². The number of nitro benzene ring substituents is 1. The highest BCUT2D eigenvalue weighted by Gasteiger charge is 2.20.